The largest absolute Gasteiger partial charge is 0.467 e. The highest BCUT2D eigenvalue weighted by Gasteiger charge is 2.26. The number of methoxy groups -OCH3 is 1. The van der Waals surface area contributed by atoms with E-state index in [2.05, 4.69) is 34.7 Å². The van der Waals surface area contributed by atoms with Gasteiger partial charge < -0.3 is 10.1 Å². The molecular weight excluding hydrogens is 702 g/mol. The quantitative estimate of drug-likeness (QED) is 0.203. The first-order chi connectivity index (χ1) is 17.6. The van der Waals surface area contributed by atoms with E-state index in [0.29, 0.717) is 14.7 Å². The average molecular weight is 719 g/mol. The molecule has 4 rings (SSSR count). The molecule has 0 radical (unpaired) electrons. The molecule has 192 valence electrons. The lowest BCUT2D eigenvalue weighted by Crippen LogP contribution is -2.43. The molecule has 2 N–H and O–H groups in total. The van der Waals surface area contributed by atoms with Crippen molar-refractivity contribution in [1.29, 1.82) is 0 Å². The van der Waals surface area contributed by atoms with Gasteiger partial charge in [-0.2, -0.15) is 8.75 Å². The van der Waals surface area contributed by atoms with Gasteiger partial charge in [-0.25, -0.2) is 17.6 Å². The van der Waals surface area contributed by atoms with E-state index in [9.17, 15) is 22.4 Å². The zero-order chi connectivity index (χ0) is 26.7. The van der Waals surface area contributed by atoms with Gasteiger partial charge in [-0.05, 0) is 86.5 Å². The molecule has 0 saturated carbocycles. The molecule has 1 heterocycles. The molecular formula is C23H17BrFIN4O5S2. The molecule has 0 unspecified atom stereocenters. The van der Waals surface area contributed by atoms with Gasteiger partial charge in [-0.1, -0.05) is 12.1 Å². The Hall–Kier alpha value is -2.69. The van der Waals surface area contributed by atoms with Gasteiger partial charge in [0.05, 0.1) is 34.6 Å². The van der Waals surface area contributed by atoms with Crippen molar-refractivity contribution in [2.75, 3.05) is 11.8 Å². The number of hydrogen-bond donors (Lipinski definition) is 2. The molecule has 0 fully saturated rings. The fraction of sp³-hybridized carbons (Fsp3) is 0.130. The van der Waals surface area contributed by atoms with E-state index >= 15 is 0 Å². The Balaban J connectivity index is 1.63. The minimum Gasteiger partial charge on any atom is -0.467 e. The van der Waals surface area contributed by atoms with E-state index in [1.807, 2.05) is 22.6 Å². The minimum atomic E-state index is -4.15. The van der Waals surface area contributed by atoms with Crippen LogP contribution in [0.4, 0.5) is 10.1 Å². The fourth-order valence-corrected chi connectivity index (χ4v) is 6.23. The van der Waals surface area contributed by atoms with Crippen molar-refractivity contribution < 1.29 is 27.1 Å². The van der Waals surface area contributed by atoms with Crippen LogP contribution in [0.2, 0.25) is 0 Å². The number of nitrogens with one attached hydrogen (secondary N) is 2. The number of rotatable bonds is 8. The highest BCUT2D eigenvalue weighted by Crippen LogP contribution is 2.27. The second-order valence-corrected chi connectivity index (χ2v) is 12.0. The first kappa shape index (κ1) is 27.3. The highest BCUT2D eigenvalue weighted by atomic mass is 127. The summed E-state index contributed by atoms with van der Waals surface area (Å²) in [6, 6.07) is 12.3. The van der Waals surface area contributed by atoms with E-state index < -0.39 is 33.8 Å². The molecule has 0 saturated heterocycles. The van der Waals surface area contributed by atoms with Crippen LogP contribution in [0.1, 0.15) is 15.9 Å². The number of esters is 1. The molecule has 0 aliphatic heterocycles. The van der Waals surface area contributed by atoms with E-state index in [0.717, 1.165) is 11.7 Å². The number of halogens is 3. The van der Waals surface area contributed by atoms with Crippen molar-refractivity contribution in [2.45, 2.75) is 17.4 Å². The summed E-state index contributed by atoms with van der Waals surface area (Å²) < 4.78 is 56.5. The molecule has 1 atom stereocenters. The molecule has 0 spiro atoms. The fourth-order valence-electron chi connectivity index (χ4n) is 3.47. The van der Waals surface area contributed by atoms with Gasteiger partial charge in [0, 0.05) is 9.99 Å². The molecule has 37 heavy (non-hydrogen) atoms. The smallest absolute Gasteiger partial charge is 0.328 e. The topological polar surface area (TPSA) is 127 Å². The second-order valence-electron chi connectivity index (χ2n) is 7.69. The monoisotopic (exact) mass is 718 g/mol. The number of aromatic nitrogens is 2. The molecule has 0 aliphatic rings. The Labute approximate surface area is 237 Å². The van der Waals surface area contributed by atoms with E-state index in [4.69, 9.17) is 4.74 Å². The van der Waals surface area contributed by atoms with Crippen LogP contribution in [0.5, 0.6) is 0 Å². The van der Waals surface area contributed by atoms with Crippen LogP contribution in [-0.4, -0.2) is 42.2 Å². The number of fused-ring (bicyclic) bond motifs is 1. The standard InChI is InChI=1S/C23H17BrFIN4O5S2/c1-35-23(32)19(10-12-5-8-16(25)15(24)9-12)27-22(31)14-7-6-13(26)11-18(14)30-37(33,34)20-4-2-3-17-21(20)29-36-28-17/h2-9,11,19,30H,10H2,1H3,(H,27,31)/t19-/m0/s1. The molecule has 0 bridgehead atoms. The van der Waals surface area contributed by atoms with Crippen molar-refractivity contribution >= 4 is 88.9 Å². The number of nitrogens with zero attached hydrogens (tertiary/aromatic N) is 2. The summed E-state index contributed by atoms with van der Waals surface area (Å²) in [5, 5.41) is 2.60. The zero-order valence-corrected chi connectivity index (χ0v) is 24.2. The van der Waals surface area contributed by atoms with Crippen LogP contribution in [0, 0.1) is 9.39 Å². The van der Waals surface area contributed by atoms with Crippen LogP contribution in [-0.2, 0) is 26.0 Å². The Kier molecular flexibility index (Phi) is 8.40. The second kappa shape index (κ2) is 11.4. The first-order valence-electron chi connectivity index (χ1n) is 10.5. The predicted octanol–water partition coefficient (Wildman–Crippen LogP) is 4.51. The molecule has 3 aromatic carbocycles. The third kappa shape index (κ3) is 6.25. The van der Waals surface area contributed by atoms with Gasteiger partial charge in [0.15, 0.2) is 0 Å². The summed E-state index contributed by atoms with van der Waals surface area (Å²) in [5.41, 5.74) is 1.21. The summed E-state index contributed by atoms with van der Waals surface area (Å²) in [4.78, 5) is 25.6. The van der Waals surface area contributed by atoms with Gasteiger partial charge in [-0.3, -0.25) is 9.52 Å². The van der Waals surface area contributed by atoms with E-state index in [1.165, 1.54) is 43.5 Å². The van der Waals surface area contributed by atoms with Crippen molar-refractivity contribution in [2.24, 2.45) is 0 Å². The highest BCUT2D eigenvalue weighted by molar-refractivity contribution is 14.1. The van der Waals surface area contributed by atoms with Crippen LogP contribution < -0.4 is 10.0 Å². The number of carbonyl (C=O) groups is 2. The average Bonchev–Trinajstić information content (AvgIpc) is 3.34. The molecule has 14 heteroatoms. The van der Waals surface area contributed by atoms with Gasteiger partial charge in [-0.15, -0.1) is 0 Å². The number of ether oxygens (including phenoxy) is 1. The summed E-state index contributed by atoms with van der Waals surface area (Å²) in [6.07, 6.45) is 0.0154. The Morgan fingerprint density at radius 3 is 2.68 bits per heavy atom. The maximum atomic E-state index is 13.6. The van der Waals surface area contributed by atoms with Gasteiger partial charge in [0.1, 0.15) is 27.8 Å². The number of benzene rings is 3. The van der Waals surface area contributed by atoms with Crippen LogP contribution in [0.15, 0.2) is 64.0 Å². The third-order valence-electron chi connectivity index (χ3n) is 5.22. The maximum absolute atomic E-state index is 13.6. The van der Waals surface area contributed by atoms with Gasteiger partial charge in [0.2, 0.25) is 0 Å². The summed E-state index contributed by atoms with van der Waals surface area (Å²) >= 11 is 5.98. The maximum Gasteiger partial charge on any atom is 0.328 e. The first-order valence-corrected chi connectivity index (χ1v) is 14.5. The van der Waals surface area contributed by atoms with Crippen molar-refractivity contribution in [3.8, 4) is 0 Å². The van der Waals surface area contributed by atoms with E-state index in [-0.39, 0.29) is 32.6 Å². The van der Waals surface area contributed by atoms with Crippen LogP contribution >= 0.6 is 50.2 Å². The number of sulfonamides is 1. The van der Waals surface area contributed by atoms with Crippen LogP contribution in [0.25, 0.3) is 11.0 Å². The van der Waals surface area contributed by atoms with Gasteiger partial charge in [0.25, 0.3) is 15.9 Å². The molecule has 9 nitrogen and oxygen atoms in total. The van der Waals surface area contributed by atoms with Crippen molar-refractivity contribution in [3.63, 3.8) is 0 Å². The molecule has 0 aliphatic carbocycles. The molecule has 1 aromatic heterocycles. The normalized spacial score (nSPS) is 12.2. The third-order valence-corrected chi connectivity index (χ3v) is 8.44. The Morgan fingerprint density at radius 2 is 1.95 bits per heavy atom. The predicted molar refractivity (Wildman–Crippen MR) is 148 cm³/mol. The lowest BCUT2D eigenvalue weighted by atomic mass is 10.0. The number of amides is 1. The van der Waals surface area contributed by atoms with Crippen molar-refractivity contribution in [1.82, 2.24) is 14.1 Å². The lowest BCUT2D eigenvalue weighted by molar-refractivity contribution is -0.142. The van der Waals surface area contributed by atoms with Crippen LogP contribution in [0.3, 0.4) is 0 Å². The van der Waals surface area contributed by atoms with Gasteiger partial charge >= 0.3 is 5.97 Å². The minimum absolute atomic E-state index is 0.0118. The van der Waals surface area contributed by atoms with Crippen molar-refractivity contribution in [3.05, 3.63) is 79.6 Å². The Bertz CT molecular complexity index is 1620. The molecule has 1 amide bonds. The SMILES string of the molecule is COC(=O)[C@H](Cc1ccc(F)c(Br)c1)NC(=O)c1ccc(I)cc1NS(=O)(=O)c1cccc2nsnc12. The summed E-state index contributed by atoms with van der Waals surface area (Å²) in [6.45, 7) is 0. The number of carbonyl (C=O) groups excluding carboxylic acids is 2. The number of hydrogen-bond acceptors (Lipinski definition) is 8. The summed E-state index contributed by atoms with van der Waals surface area (Å²) in [5.74, 6) is -1.90. The number of anilines is 1. The molecule has 4 aromatic rings. The Morgan fingerprint density at radius 1 is 1.16 bits per heavy atom. The van der Waals surface area contributed by atoms with E-state index in [1.54, 1.807) is 18.2 Å². The summed E-state index contributed by atoms with van der Waals surface area (Å²) in [7, 11) is -2.97. The zero-order valence-electron chi connectivity index (χ0n) is 18.9. The lowest BCUT2D eigenvalue weighted by Gasteiger charge is -2.19.